The molecule has 2 atom stereocenters. The van der Waals surface area contributed by atoms with Gasteiger partial charge in [0.15, 0.2) is 0 Å². The van der Waals surface area contributed by atoms with Crippen molar-refractivity contribution in [2.45, 2.75) is 15.9 Å². The highest BCUT2D eigenvalue weighted by Crippen LogP contribution is 2.59. The maximum atomic E-state index is 6.19. The molecule has 8 aromatic carbocycles. The van der Waals surface area contributed by atoms with E-state index in [1.54, 1.807) is 0 Å². The molecule has 8 aromatic rings. The highest BCUT2D eigenvalue weighted by Gasteiger charge is 2.47. The zero-order valence-corrected chi connectivity index (χ0v) is 29.6. The molecule has 2 fully saturated rings. The molecule has 2 unspecified atom stereocenters. The van der Waals surface area contributed by atoms with Gasteiger partial charge in [0, 0.05) is 22.0 Å². The van der Waals surface area contributed by atoms with Crippen LogP contribution >= 0.6 is 23.5 Å². The molecule has 0 spiro atoms. The minimum atomic E-state index is -0.561. The molecule has 0 saturated carbocycles. The Morgan fingerprint density at radius 3 is 1.57 bits per heavy atom. The van der Waals surface area contributed by atoms with Crippen molar-refractivity contribution in [2.24, 2.45) is 0 Å². The molecule has 0 amide bonds. The first-order valence-electron chi connectivity index (χ1n) is 17.8. The Balaban J connectivity index is 1.18. The van der Waals surface area contributed by atoms with Gasteiger partial charge in [0.25, 0.3) is 0 Å². The number of rotatable bonds is 8. The van der Waals surface area contributed by atoms with Gasteiger partial charge < -0.3 is 9.47 Å². The van der Waals surface area contributed by atoms with Crippen LogP contribution in [0.5, 0.6) is 11.5 Å². The highest BCUT2D eigenvalue weighted by atomic mass is 32.2. The first-order valence-corrected chi connectivity index (χ1v) is 19.9. The lowest BCUT2D eigenvalue weighted by Gasteiger charge is -2.35. The molecule has 2 saturated heterocycles. The molecule has 51 heavy (non-hydrogen) atoms. The summed E-state index contributed by atoms with van der Waals surface area (Å²) in [4.78, 5) is 0. The van der Waals surface area contributed by atoms with Crippen LogP contribution in [-0.4, -0.2) is 35.2 Å². The molecular formula is C47H34O2S2. The summed E-state index contributed by atoms with van der Waals surface area (Å²) in [5.41, 5.74) is 7.27. The first-order chi connectivity index (χ1) is 25.2. The van der Waals surface area contributed by atoms with Crippen molar-refractivity contribution < 1.29 is 9.47 Å². The second-order valence-electron chi connectivity index (χ2n) is 14.2. The van der Waals surface area contributed by atoms with Crippen molar-refractivity contribution in [3.8, 4) is 22.6 Å². The SMILES string of the molecule is c1ccc2cc3c(cc2c1)-c1ccc2ccccc2c1C3(c1ccc2cc(OCC3CS3)ccc2c1)c1ccc2cc(OCC3CS3)ccc2c1. The van der Waals surface area contributed by atoms with Crippen LogP contribution in [0.1, 0.15) is 22.3 Å². The maximum Gasteiger partial charge on any atom is 0.119 e. The lowest BCUT2D eigenvalue weighted by Crippen LogP contribution is -2.29. The molecule has 0 bridgehead atoms. The van der Waals surface area contributed by atoms with E-state index in [4.69, 9.17) is 9.47 Å². The molecule has 3 aliphatic rings. The maximum absolute atomic E-state index is 6.19. The fourth-order valence-corrected chi connectivity index (χ4v) is 9.17. The van der Waals surface area contributed by atoms with E-state index in [-0.39, 0.29) is 0 Å². The molecule has 0 N–H and O–H groups in total. The van der Waals surface area contributed by atoms with Crippen molar-refractivity contribution in [1.29, 1.82) is 0 Å². The lowest BCUT2D eigenvalue weighted by molar-refractivity contribution is 0.330. The van der Waals surface area contributed by atoms with Gasteiger partial charge in [-0.15, -0.1) is 0 Å². The van der Waals surface area contributed by atoms with Crippen molar-refractivity contribution in [1.82, 2.24) is 0 Å². The van der Waals surface area contributed by atoms with Crippen LogP contribution in [0.15, 0.2) is 146 Å². The summed E-state index contributed by atoms with van der Waals surface area (Å²) in [5, 5.41) is 11.2. The Kier molecular flexibility index (Phi) is 6.75. The Morgan fingerprint density at radius 1 is 0.471 bits per heavy atom. The van der Waals surface area contributed by atoms with Crippen LogP contribution in [0.3, 0.4) is 0 Å². The molecule has 11 rings (SSSR count). The third-order valence-corrected chi connectivity index (χ3v) is 12.9. The van der Waals surface area contributed by atoms with Crippen LogP contribution in [0.2, 0.25) is 0 Å². The number of hydrogen-bond acceptors (Lipinski definition) is 4. The van der Waals surface area contributed by atoms with Crippen molar-refractivity contribution in [3.05, 3.63) is 168 Å². The number of hydrogen-bond donors (Lipinski definition) is 0. The van der Waals surface area contributed by atoms with Crippen molar-refractivity contribution in [2.75, 3.05) is 24.7 Å². The van der Waals surface area contributed by atoms with E-state index < -0.39 is 5.41 Å². The minimum absolute atomic E-state index is 0.561. The normalized spacial score (nSPS) is 20.1. The van der Waals surface area contributed by atoms with Gasteiger partial charge in [-0.1, -0.05) is 97.1 Å². The van der Waals surface area contributed by atoms with Gasteiger partial charge in [0.2, 0.25) is 0 Å². The Hall–Kier alpha value is -4.90. The highest BCUT2D eigenvalue weighted by molar-refractivity contribution is 8.07. The number of thioether (sulfide) groups is 2. The predicted molar refractivity (Wildman–Crippen MR) is 217 cm³/mol. The topological polar surface area (TPSA) is 18.5 Å². The Labute approximate surface area is 305 Å². The van der Waals surface area contributed by atoms with Gasteiger partial charge in [-0.3, -0.25) is 0 Å². The number of benzene rings is 8. The second kappa shape index (κ2) is 11.6. The largest absolute Gasteiger partial charge is 0.492 e. The average molecular weight is 695 g/mol. The summed E-state index contributed by atoms with van der Waals surface area (Å²) in [5.74, 6) is 4.30. The van der Waals surface area contributed by atoms with Crippen LogP contribution in [0, 0.1) is 0 Å². The Morgan fingerprint density at radius 2 is 0.961 bits per heavy atom. The molecule has 1 aliphatic carbocycles. The molecule has 0 aromatic heterocycles. The Bertz CT molecular complexity index is 2590. The lowest BCUT2D eigenvalue weighted by atomic mass is 9.66. The summed E-state index contributed by atoms with van der Waals surface area (Å²) in [6.45, 7) is 1.56. The van der Waals surface area contributed by atoms with Gasteiger partial charge in [-0.25, -0.2) is 0 Å². The van der Waals surface area contributed by atoms with Crippen molar-refractivity contribution >= 4 is 66.6 Å². The summed E-state index contributed by atoms with van der Waals surface area (Å²) >= 11 is 3.94. The van der Waals surface area contributed by atoms with E-state index in [0.717, 1.165) is 24.7 Å². The van der Waals surface area contributed by atoms with Crippen molar-refractivity contribution in [3.63, 3.8) is 0 Å². The molecule has 4 heteroatoms. The molecule has 2 nitrogen and oxygen atoms in total. The third-order valence-electron chi connectivity index (χ3n) is 11.1. The summed E-state index contributed by atoms with van der Waals surface area (Å²) < 4.78 is 12.4. The third kappa shape index (κ3) is 4.95. The van der Waals surface area contributed by atoms with E-state index in [1.807, 2.05) is 23.5 Å². The van der Waals surface area contributed by atoms with Gasteiger partial charge in [-0.2, -0.15) is 23.5 Å². The molecule has 2 heterocycles. The van der Waals surface area contributed by atoms with Crippen LogP contribution in [0.25, 0.3) is 54.2 Å². The van der Waals surface area contributed by atoms with E-state index >= 15 is 0 Å². The second-order valence-corrected chi connectivity index (χ2v) is 16.9. The van der Waals surface area contributed by atoms with E-state index in [0.29, 0.717) is 10.5 Å². The van der Waals surface area contributed by atoms with E-state index in [2.05, 4.69) is 146 Å². The number of ether oxygens (including phenoxy) is 2. The zero-order valence-electron chi connectivity index (χ0n) is 28.0. The fraction of sp³-hybridized carbons (Fsp3) is 0.149. The fourth-order valence-electron chi connectivity index (χ4n) is 8.38. The zero-order chi connectivity index (χ0) is 33.5. The standard InChI is InChI=1S/C47H34O2S2/c1-2-7-31-24-45-44(23-30(31)6-1)43-18-13-29-5-3-4-8-42(29)46(43)47(45,36-14-9-34-21-38(16-11-32(34)19-36)48-25-40-27-50-40)37-15-10-35-22-39(17-12-33(35)20-37)49-26-41-28-51-41/h1-24,40-41H,25-28H2. The van der Waals surface area contributed by atoms with Gasteiger partial charge in [-0.05, 0) is 125 Å². The minimum Gasteiger partial charge on any atom is -0.492 e. The summed E-state index contributed by atoms with van der Waals surface area (Å²) in [7, 11) is 0. The van der Waals surface area contributed by atoms with Crippen LogP contribution < -0.4 is 9.47 Å². The quantitative estimate of drug-likeness (QED) is 0.147. The summed E-state index contributed by atoms with van der Waals surface area (Å²) in [6, 6.07) is 54.7. The smallest absolute Gasteiger partial charge is 0.119 e. The predicted octanol–water partition coefficient (Wildman–Crippen LogP) is 11.7. The van der Waals surface area contributed by atoms with Crippen LogP contribution in [-0.2, 0) is 5.41 Å². The molecule has 246 valence electrons. The van der Waals surface area contributed by atoms with Crippen LogP contribution in [0.4, 0.5) is 0 Å². The van der Waals surface area contributed by atoms with Gasteiger partial charge in [0.05, 0.1) is 5.41 Å². The van der Waals surface area contributed by atoms with E-state index in [9.17, 15) is 0 Å². The monoisotopic (exact) mass is 694 g/mol. The first kappa shape index (κ1) is 29.8. The van der Waals surface area contributed by atoms with E-state index in [1.165, 1.54) is 88.0 Å². The molecule has 2 aliphatic heterocycles. The van der Waals surface area contributed by atoms with Gasteiger partial charge in [0.1, 0.15) is 24.7 Å². The summed E-state index contributed by atoms with van der Waals surface area (Å²) in [6.07, 6.45) is 0. The average Bonchev–Trinajstić information content (AvgIpc) is 4.13. The molecular weight excluding hydrogens is 661 g/mol. The van der Waals surface area contributed by atoms with Gasteiger partial charge >= 0.3 is 0 Å². The molecule has 0 radical (unpaired) electrons. The number of fused-ring (bicyclic) bond motifs is 8.